The van der Waals surface area contributed by atoms with Crippen LogP contribution in [0.25, 0.3) is 0 Å². The molecule has 10 nitrogen and oxygen atoms in total. The van der Waals surface area contributed by atoms with Crippen molar-refractivity contribution in [3.05, 3.63) is 71.8 Å². The molecule has 162 valence electrons. The standard InChI is InChI=1S/C21H23N5O5/c27-15(28)11-26-12-22-16-18(26)23-20(24-19(16)29)25-21(30)31-17(13-7-3-1-4-8-13)14-9-5-2-6-10-14/h1-10,16-18,20,22-23H,11-12H2,(H,24,29)(H,25,30)(H,27,28). The second kappa shape index (κ2) is 9.13. The van der Waals surface area contributed by atoms with Gasteiger partial charge in [-0.25, -0.2) is 4.79 Å². The summed E-state index contributed by atoms with van der Waals surface area (Å²) in [5.41, 5.74) is 1.61. The minimum Gasteiger partial charge on any atom is -0.480 e. The van der Waals surface area contributed by atoms with Gasteiger partial charge in [-0.1, -0.05) is 60.7 Å². The highest BCUT2D eigenvalue weighted by Crippen LogP contribution is 2.26. The maximum absolute atomic E-state index is 12.7. The van der Waals surface area contributed by atoms with Crippen LogP contribution in [0.5, 0.6) is 0 Å². The van der Waals surface area contributed by atoms with E-state index in [0.717, 1.165) is 11.1 Å². The van der Waals surface area contributed by atoms with Crippen LogP contribution >= 0.6 is 0 Å². The van der Waals surface area contributed by atoms with Gasteiger partial charge >= 0.3 is 12.1 Å². The lowest BCUT2D eigenvalue weighted by molar-refractivity contribution is -0.139. The van der Waals surface area contributed by atoms with Gasteiger partial charge in [0.05, 0.1) is 19.4 Å². The molecule has 4 rings (SSSR count). The van der Waals surface area contributed by atoms with Gasteiger partial charge in [0.25, 0.3) is 0 Å². The second-order valence-corrected chi connectivity index (χ2v) is 7.28. The van der Waals surface area contributed by atoms with Gasteiger partial charge in [-0.15, -0.1) is 0 Å². The van der Waals surface area contributed by atoms with Crippen LogP contribution in [0.15, 0.2) is 60.7 Å². The summed E-state index contributed by atoms with van der Waals surface area (Å²) < 4.78 is 5.70. The molecule has 2 saturated heterocycles. The van der Waals surface area contributed by atoms with Crippen molar-refractivity contribution < 1.29 is 24.2 Å². The SMILES string of the molecule is O=C(O)CN1CNC2C(=O)NC(NC(=O)OC(c3ccccc3)c3ccccc3)NC21. The number of ether oxygens (including phenoxy) is 1. The molecule has 31 heavy (non-hydrogen) atoms. The first-order valence-corrected chi connectivity index (χ1v) is 9.84. The number of amides is 2. The van der Waals surface area contributed by atoms with E-state index in [4.69, 9.17) is 9.84 Å². The number of carbonyl (C=O) groups excluding carboxylic acids is 2. The Balaban J connectivity index is 1.44. The molecule has 0 saturated carbocycles. The highest BCUT2D eigenvalue weighted by molar-refractivity contribution is 5.84. The fourth-order valence-corrected chi connectivity index (χ4v) is 3.77. The van der Waals surface area contributed by atoms with Crippen LogP contribution in [0.3, 0.4) is 0 Å². The zero-order chi connectivity index (χ0) is 21.8. The average molecular weight is 425 g/mol. The minimum atomic E-state index is -1.01. The summed E-state index contributed by atoms with van der Waals surface area (Å²) in [6.45, 7) is -0.000982. The molecule has 2 aromatic carbocycles. The first-order chi connectivity index (χ1) is 15.0. The van der Waals surface area contributed by atoms with Crippen molar-refractivity contribution in [2.75, 3.05) is 13.2 Å². The number of nitrogens with zero attached hydrogens (tertiary/aromatic N) is 1. The summed E-state index contributed by atoms with van der Waals surface area (Å²) in [6, 6.07) is 18.0. The summed E-state index contributed by atoms with van der Waals surface area (Å²) in [7, 11) is 0. The number of benzene rings is 2. The Labute approximate surface area is 178 Å². The van der Waals surface area contributed by atoms with Crippen LogP contribution in [0.4, 0.5) is 4.79 Å². The van der Waals surface area contributed by atoms with Crippen LogP contribution in [0.1, 0.15) is 17.2 Å². The Kier molecular flexibility index (Phi) is 6.12. The molecule has 3 unspecified atom stereocenters. The number of rotatable bonds is 6. The van der Waals surface area contributed by atoms with Gasteiger partial charge in [0.2, 0.25) is 5.91 Å². The zero-order valence-corrected chi connectivity index (χ0v) is 16.5. The third-order valence-corrected chi connectivity index (χ3v) is 5.16. The fourth-order valence-electron chi connectivity index (χ4n) is 3.77. The summed E-state index contributed by atoms with van der Waals surface area (Å²) in [4.78, 5) is 37.7. The zero-order valence-electron chi connectivity index (χ0n) is 16.5. The molecular weight excluding hydrogens is 402 g/mol. The van der Waals surface area contributed by atoms with Gasteiger partial charge in [0, 0.05) is 0 Å². The highest BCUT2D eigenvalue weighted by Gasteiger charge is 2.44. The number of carboxylic acid groups (broad SMARTS) is 1. The van der Waals surface area contributed by atoms with E-state index in [0.29, 0.717) is 0 Å². The summed E-state index contributed by atoms with van der Waals surface area (Å²) in [5.74, 6) is -1.35. The molecule has 2 aliphatic rings. The molecule has 2 amide bonds. The quantitative estimate of drug-likeness (QED) is 0.442. The Morgan fingerprint density at radius 1 is 1.10 bits per heavy atom. The molecule has 2 aromatic rings. The molecule has 5 N–H and O–H groups in total. The number of hydrogen-bond acceptors (Lipinski definition) is 7. The van der Waals surface area contributed by atoms with Crippen molar-refractivity contribution in [3.8, 4) is 0 Å². The van der Waals surface area contributed by atoms with E-state index in [9.17, 15) is 14.4 Å². The topological polar surface area (TPSA) is 132 Å². The number of carbonyl (C=O) groups is 3. The molecule has 0 aliphatic carbocycles. The molecular formula is C21H23N5O5. The van der Waals surface area contributed by atoms with Crippen molar-refractivity contribution in [1.82, 2.24) is 26.2 Å². The Hall–Kier alpha value is -3.47. The van der Waals surface area contributed by atoms with E-state index in [1.54, 1.807) is 4.90 Å². The summed E-state index contributed by atoms with van der Waals surface area (Å²) in [6.07, 6.45) is -2.85. The molecule has 2 heterocycles. The molecule has 2 fully saturated rings. The van der Waals surface area contributed by atoms with E-state index < -0.39 is 36.7 Å². The number of carboxylic acids is 1. The molecule has 0 bridgehead atoms. The average Bonchev–Trinajstić information content (AvgIpc) is 3.16. The van der Waals surface area contributed by atoms with Gasteiger partial charge in [-0.3, -0.25) is 30.4 Å². The smallest absolute Gasteiger partial charge is 0.410 e. The largest absolute Gasteiger partial charge is 0.480 e. The lowest BCUT2D eigenvalue weighted by Crippen LogP contribution is -2.71. The number of hydrogen-bond donors (Lipinski definition) is 5. The predicted octanol–water partition coefficient (Wildman–Crippen LogP) is 0.147. The van der Waals surface area contributed by atoms with Crippen molar-refractivity contribution in [1.29, 1.82) is 0 Å². The predicted molar refractivity (Wildman–Crippen MR) is 109 cm³/mol. The third-order valence-electron chi connectivity index (χ3n) is 5.16. The Bertz CT molecular complexity index is 902. The minimum absolute atomic E-state index is 0.239. The lowest BCUT2D eigenvalue weighted by atomic mass is 10.0. The first-order valence-electron chi connectivity index (χ1n) is 9.84. The lowest BCUT2D eigenvalue weighted by Gasteiger charge is -2.36. The monoisotopic (exact) mass is 425 g/mol. The molecule has 10 heteroatoms. The van der Waals surface area contributed by atoms with Crippen molar-refractivity contribution in [3.63, 3.8) is 0 Å². The summed E-state index contributed by atoms with van der Waals surface area (Å²) in [5, 5.41) is 20.3. The first kappa shape index (κ1) is 20.8. The van der Waals surface area contributed by atoms with Crippen molar-refractivity contribution in [2.45, 2.75) is 24.6 Å². The molecule has 0 spiro atoms. The van der Waals surface area contributed by atoms with E-state index in [1.165, 1.54) is 0 Å². The Morgan fingerprint density at radius 2 is 1.71 bits per heavy atom. The second-order valence-electron chi connectivity index (χ2n) is 7.28. The molecule has 2 aliphatic heterocycles. The molecule has 0 radical (unpaired) electrons. The molecule has 0 aromatic heterocycles. The van der Waals surface area contributed by atoms with E-state index >= 15 is 0 Å². The van der Waals surface area contributed by atoms with Crippen molar-refractivity contribution in [2.24, 2.45) is 0 Å². The maximum atomic E-state index is 12.7. The van der Waals surface area contributed by atoms with Crippen LogP contribution < -0.4 is 21.3 Å². The van der Waals surface area contributed by atoms with Gasteiger partial charge < -0.3 is 15.2 Å². The summed E-state index contributed by atoms with van der Waals surface area (Å²) >= 11 is 0. The Morgan fingerprint density at radius 3 is 2.29 bits per heavy atom. The maximum Gasteiger partial charge on any atom is 0.410 e. The van der Waals surface area contributed by atoms with Crippen molar-refractivity contribution >= 4 is 18.0 Å². The number of fused-ring (bicyclic) bond motifs is 1. The highest BCUT2D eigenvalue weighted by atomic mass is 16.6. The van der Waals surface area contributed by atoms with Gasteiger partial charge in [-0.05, 0) is 11.1 Å². The van der Waals surface area contributed by atoms with Crippen LogP contribution in [-0.4, -0.2) is 59.7 Å². The number of aliphatic carboxylic acids is 1. The van der Waals surface area contributed by atoms with Crippen LogP contribution in [-0.2, 0) is 14.3 Å². The van der Waals surface area contributed by atoms with Gasteiger partial charge in [0.1, 0.15) is 6.04 Å². The fraction of sp³-hybridized carbons (Fsp3) is 0.286. The van der Waals surface area contributed by atoms with Crippen LogP contribution in [0, 0.1) is 0 Å². The van der Waals surface area contributed by atoms with Gasteiger partial charge in [-0.2, -0.15) is 0 Å². The molecule has 3 atom stereocenters. The van der Waals surface area contributed by atoms with Crippen LogP contribution in [0.2, 0.25) is 0 Å². The van der Waals surface area contributed by atoms with E-state index in [1.807, 2.05) is 60.7 Å². The normalized spacial score (nSPS) is 23.1. The number of nitrogens with one attached hydrogen (secondary N) is 4. The van der Waals surface area contributed by atoms with Gasteiger partial charge in [0.15, 0.2) is 12.4 Å². The van der Waals surface area contributed by atoms with E-state index in [-0.39, 0.29) is 19.1 Å². The third kappa shape index (κ3) is 4.82. The number of alkyl carbamates (subject to hydrolysis) is 1. The van der Waals surface area contributed by atoms with E-state index in [2.05, 4.69) is 21.3 Å².